The molecule has 25 heavy (non-hydrogen) atoms. The third kappa shape index (κ3) is 2.36. The van der Waals surface area contributed by atoms with E-state index in [0.717, 1.165) is 41.1 Å². The lowest BCUT2D eigenvalue weighted by Gasteiger charge is -2.25. The molecule has 1 atom stereocenters. The van der Waals surface area contributed by atoms with Gasteiger partial charge in [0.15, 0.2) is 0 Å². The fourth-order valence-electron chi connectivity index (χ4n) is 3.58. The van der Waals surface area contributed by atoms with Crippen molar-refractivity contribution in [2.24, 2.45) is 0 Å². The van der Waals surface area contributed by atoms with Crippen LogP contribution in [0.1, 0.15) is 23.9 Å². The lowest BCUT2D eigenvalue weighted by Crippen LogP contribution is -2.23. The topological polar surface area (TPSA) is 41.9 Å². The fraction of sp³-hybridized carbons (Fsp3) is 0.211. The van der Waals surface area contributed by atoms with E-state index in [-0.39, 0.29) is 11.9 Å². The summed E-state index contributed by atoms with van der Waals surface area (Å²) in [7, 11) is 0. The van der Waals surface area contributed by atoms with Gasteiger partial charge in [0.05, 0.1) is 16.3 Å². The van der Waals surface area contributed by atoms with Gasteiger partial charge in [-0.1, -0.05) is 18.2 Å². The average molecular weight is 350 g/mol. The molecule has 4 nitrogen and oxygen atoms in total. The number of halogens is 1. The van der Waals surface area contributed by atoms with Gasteiger partial charge in [-0.3, -0.25) is 0 Å². The molecule has 1 fully saturated rings. The summed E-state index contributed by atoms with van der Waals surface area (Å²) in [5.74, 6) is 0.489. The molecule has 2 aromatic heterocycles. The molecule has 0 radical (unpaired) electrons. The first-order valence-electron chi connectivity index (χ1n) is 8.32. The van der Waals surface area contributed by atoms with Crippen LogP contribution in [0.5, 0.6) is 0 Å². The van der Waals surface area contributed by atoms with Crippen molar-refractivity contribution in [2.75, 3.05) is 11.4 Å². The van der Waals surface area contributed by atoms with Crippen LogP contribution in [0, 0.1) is 5.82 Å². The number of aromatic nitrogens is 3. The van der Waals surface area contributed by atoms with Gasteiger partial charge >= 0.3 is 0 Å². The molecule has 1 aliphatic heterocycles. The first-order valence-corrected chi connectivity index (χ1v) is 9.14. The Kier molecular flexibility index (Phi) is 3.38. The highest BCUT2D eigenvalue weighted by Crippen LogP contribution is 2.40. The Hall–Kier alpha value is -2.60. The van der Waals surface area contributed by atoms with Crippen LogP contribution >= 0.6 is 11.3 Å². The van der Waals surface area contributed by atoms with E-state index in [4.69, 9.17) is 4.98 Å². The van der Waals surface area contributed by atoms with Crippen molar-refractivity contribution >= 4 is 38.3 Å². The van der Waals surface area contributed by atoms with E-state index in [2.05, 4.69) is 20.9 Å². The van der Waals surface area contributed by atoms with Crippen molar-refractivity contribution in [1.82, 2.24) is 15.0 Å². The monoisotopic (exact) mass is 350 g/mol. The van der Waals surface area contributed by atoms with E-state index in [1.165, 1.54) is 17.1 Å². The van der Waals surface area contributed by atoms with Crippen molar-refractivity contribution in [3.63, 3.8) is 0 Å². The lowest BCUT2D eigenvalue weighted by molar-refractivity contribution is 0.636. The highest BCUT2D eigenvalue weighted by Gasteiger charge is 2.31. The van der Waals surface area contributed by atoms with Crippen molar-refractivity contribution in [3.8, 4) is 0 Å². The van der Waals surface area contributed by atoms with Crippen LogP contribution in [0.25, 0.3) is 21.1 Å². The third-order valence-corrected chi connectivity index (χ3v) is 5.85. The second-order valence-electron chi connectivity index (χ2n) is 6.20. The van der Waals surface area contributed by atoms with Gasteiger partial charge in [0, 0.05) is 11.9 Å². The minimum absolute atomic E-state index is 0.179. The fourth-order valence-corrected chi connectivity index (χ4v) is 4.69. The number of anilines is 1. The van der Waals surface area contributed by atoms with Crippen molar-refractivity contribution in [3.05, 3.63) is 59.6 Å². The molecule has 1 saturated heterocycles. The quantitative estimate of drug-likeness (QED) is 0.524. The predicted molar refractivity (Wildman–Crippen MR) is 98.4 cm³/mol. The number of nitrogens with zero attached hydrogens (tertiary/aromatic N) is 4. The average Bonchev–Trinajstić information content (AvgIpc) is 3.28. The molecule has 5 rings (SSSR count). The van der Waals surface area contributed by atoms with Crippen molar-refractivity contribution < 1.29 is 4.39 Å². The standard InChI is InChI=1S/C19H15FN4S/c20-13-6-3-5-12-17(13)21-11-22-18(12)24-10-4-8-15(24)19-23-14-7-1-2-9-16(14)25-19/h1-3,5-7,9,11,15H,4,8,10H2. The maximum atomic E-state index is 14.1. The summed E-state index contributed by atoms with van der Waals surface area (Å²) >= 11 is 1.73. The number of fused-ring (bicyclic) bond motifs is 2. The van der Waals surface area contributed by atoms with Crippen LogP contribution in [0.4, 0.5) is 10.2 Å². The Bertz CT molecular complexity index is 1040. The van der Waals surface area contributed by atoms with Crippen molar-refractivity contribution in [1.29, 1.82) is 0 Å². The highest BCUT2D eigenvalue weighted by molar-refractivity contribution is 7.18. The molecule has 0 aliphatic carbocycles. The summed E-state index contributed by atoms with van der Waals surface area (Å²) in [6.07, 6.45) is 3.55. The van der Waals surface area contributed by atoms with Gasteiger partial charge in [-0.15, -0.1) is 11.3 Å². The summed E-state index contributed by atoms with van der Waals surface area (Å²) in [4.78, 5) is 15.7. The van der Waals surface area contributed by atoms with E-state index in [1.807, 2.05) is 24.3 Å². The summed E-state index contributed by atoms with van der Waals surface area (Å²) in [5, 5.41) is 1.86. The molecule has 3 heterocycles. The second-order valence-corrected chi connectivity index (χ2v) is 7.27. The smallest absolute Gasteiger partial charge is 0.149 e. The number of hydrogen-bond donors (Lipinski definition) is 0. The normalized spacial score (nSPS) is 17.6. The molecule has 0 saturated carbocycles. The minimum Gasteiger partial charge on any atom is -0.347 e. The summed E-state index contributed by atoms with van der Waals surface area (Å²) < 4.78 is 15.3. The largest absolute Gasteiger partial charge is 0.347 e. The zero-order chi connectivity index (χ0) is 16.8. The number of rotatable bonds is 2. The Balaban J connectivity index is 1.63. The van der Waals surface area contributed by atoms with Crippen LogP contribution in [0.2, 0.25) is 0 Å². The lowest BCUT2D eigenvalue weighted by atomic mass is 10.2. The molecule has 0 spiro atoms. The maximum Gasteiger partial charge on any atom is 0.149 e. The van der Waals surface area contributed by atoms with Crippen molar-refractivity contribution in [2.45, 2.75) is 18.9 Å². The van der Waals surface area contributed by atoms with Gasteiger partial charge in [0.25, 0.3) is 0 Å². The van der Waals surface area contributed by atoms with Crippen LogP contribution in [-0.4, -0.2) is 21.5 Å². The Morgan fingerprint density at radius 2 is 2.00 bits per heavy atom. The Morgan fingerprint density at radius 1 is 1.08 bits per heavy atom. The first-order chi connectivity index (χ1) is 12.3. The summed E-state index contributed by atoms with van der Waals surface area (Å²) in [5.41, 5.74) is 1.41. The molecule has 2 aromatic carbocycles. The SMILES string of the molecule is Fc1cccc2c(N3CCCC3c3nc4ccccc4s3)ncnc12. The third-order valence-electron chi connectivity index (χ3n) is 4.71. The van der Waals surface area contributed by atoms with Gasteiger partial charge in [-0.05, 0) is 37.1 Å². The van der Waals surface area contributed by atoms with E-state index < -0.39 is 0 Å². The van der Waals surface area contributed by atoms with Crippen LogP contribution in [0.3, 0.4) is 0 Å². The zero-order valence-corrected chi connectivity index (χ0v) is 14.2. The summed E-state index contributed by atoms with van der Waals surface area (Å²) in [6, 6.07) is 13.4. The van der Waals surface area contributed by atoms with Gasteiger partial charge in [-0.2, -0.15) is 0 Å². The number of benzene rings is 2. The second kappa shape index (κ2) is 5.74. The maximum absolute atomic E-state index is 14.1. The van der Waals surface area contributed by atoms with E-state index in [0.29, 0.717) is 5.52 Å². The zero-order valence-electron chi connectivity index (χ0n) is 13.4. The number of hydrogen-bond acceptors (Lipinski definition) is 5. The molecule has 1 aliphatic rings. The van der Waals surface area contributed by atoms with Gasteiger partial charge in [-0.25, -0.2) is 19.3 Å². The van der Waals surface area contributed by atoms with Gasteiger partial charge < -0.3 is 4.90 Å². The van der Waals surface area contributed by atoms with Gasteiger partial charge in [0.1, 0.15) is 28.5 Å². The first kappa shape index (κ1) is 14.7. The van der Waals surface area contributed by atoms with E-state index >= 15 is 0 Å². The van der Waals surface area contributed by atoms with Crippen LogP contribution in [-0.2, 0) is 0 Å². The molecule has 1 unspecified atom stereocenters. The minimum atomic E-state index is -0.308. The molecule has 124 valence electrons. The Morgan fingerprint density at radius 3 is 2.92 bits per heavy atom. The molecule has 4 aromatic rings. The van der Waals surface area contributed by atoms with E-state index in [9.17, 15) is 4.39 Å². The van der Waals surface area contributed by atoms with Crippen LogP contribution < -0.4 is 4.90 Å². The molecular formula is C19H15FN4S. The summed E-state index contributed by atoms with van der Waals surface area (Å²) in [6.45, 7) is 0.892. The number of para-hydroxylation sites is 2. The molecular weight excluding hydrogens is 335 g/mol. The van der Waals surface area contributed by atoms with Crippen LogP contribution in [0.15, 0.2) is 48.8 Å². The van der Waals surface area contributed by atoms with Gasteiger partial charge in [0.2, 0.25) is 0 Å². The molecule has 0 amide bonds. The van der Waals surface area contributed by atoms with E-state index in [1.54, 1.807) is 17.4 Å². The predicted octanol–water partition coefficient (Wildman–Crippen LogP) is 4.72. The molecule has 6 heteroatoms. The Labute approximate surface area is 148 Å². The molecule has 0 N–H and O–H groups in total. The highest BCUT2D eigenvalue weighted by atomic mass is 32.1. The number of thiazole rings is 1. The molecule has 0 bridgehead atoms.